The maximum absolute atomic E-state index is 10.7. The van der Waals surface area contributed by atoms with E-state index in [9.17, 15) is 4.79 Å². The summed E-state index contributed by atoms with van der Waals surface area (Å²) in [6.07, 6.45) is 4.73. The largest absolute Gasteiger partial charge is 0.476 e. The van der Waals surface area contributed by atoms with Crippen molar-refractivity contribution in [3.8, 4) is 0 Å². The van der Waals surface area contributed by atoms with Gasteiger partial charge in [0.05, 0.1) is 0 Å². The number of nitrogens with zero attached hydrogens (tertiary/aromatic N) is 2. The molecule has 0 spiro atoms. The molecule has 0 bridgehead atoms. The van der Waals surface area contributed by atoms with Gasteiger partial charge in [0, 0.05) is 13.1 Å². The van der Waals surface area contributed by atoms with Crippen LogP contribution >= 0.6 is 0 Å². The van der Waals surface area contributed by atoms with Crippen molar-refractivity contribution >= 4 is 12.0 Å². The molecule has 0 amide bonds. The first kappa shape index (κ1) is 11.0. The molecule has 1 aromatic heterocycles. The summed E-state index contributed by atoms with van der Waals surface area (Å²) in [5, 5.41) is 8.74. The highest BCUT2D eigenvalue weighted by molar-refractivity contribution is 5.85. The molecule has 0 radical (unpaired) electrons. The van der Waals surface area contributed by atoms with Crippen LogP contribution in [0.5, 0.6) is 0 Å². The number of aromatic carboxylic acids is 1. The van der Waals surface area contributed by atoms with Crippen molar-refractivity contribution in [1.29, 1.82) is 0 Å². The molecule has 1 aliphatic heterocycles. The Bertz CT molecular complexity index is 375. The van der Waals surface area contributed by atoms with Crippen LogP contribution in [0.25, 0.3) is 0 Å². The summed E-state index contributed by atoms with van der Waals surface area (Å²) in [5.41, 5.74) is -0.0195. The van der Waals surface area contributed by atoms with Gasteiger partial charge in [0.2, 0.25) is 0 Å². The van der Waals surface area contributed by atoms with Gasteiger partial charge in [-0.15, -0.1) is 0 Å². The first-order chi connectivity index (χ1) is 7.70. The Morgan fingerprint density at radius 1 is 1.75 bits per heavy atom. The minimum atomic E-state index is -1.04. The van der Waals surface area contributed by atoms with E-state index in [-0.39, 0.29) is 5.69 Å². The lowest BCUT2D eigenvalue weighted by Gasteiger charge is -2.12. The maximum atomic E-state index is 10.7. The third-order valence-corrected chi connectivity index (χ3v) is 2.96. The van der Waals surface area contributed by atoms with Crippen LogP contribution in [0, 0.1) is 5.92 Å². The molecule has 1 saturated heterocycles. The number of carbonyl (C=O) groups is 1. The molecule has 2 rings (SSSR count). The van der Waals surface area contributed by atoms with Gasteiger partial charge in [0.1, 0.15) is 6.26 Å². The smallest absolute Gasteiger partial charge is 0.357 e. The van der Waals surface area contributed by atoms with Gasteiger partial charge in [-0.1, -0.05) is 13.3 Å². The Morgan fingerprint density at radius 3 is 3.19 bits per heavy atom. The van der Waals surface area contributed by atoms with Gasteiger partial charge < -0.3 is 14.4 Å². The molecule has 0 aliphatic carbocycles. The predicted molar refractivity (Wildman–Crippen MR) is 58.7 cm³/mol. The maximum Gasteiger partial charge on any atom is 0.357 e. The molecule has 1 aromatic rings. The quantitative estimate of drug-likeness (QED) is 0.847. The Morgan fingerprint density at radius 2 is 2.56 bits per heavy atom. The van der Waals surface area contributed by atoms with Crippen LogP contribution in [-0.4, -0.2) is 29.1 Å². The molecule has 88 valence electrons. The Labute approximate surface area is 94.1 Å². The minimum Gasteiger partial charge on any atom is -0.476 e. The van der Waals surface area contributed by atoms with Crippen molar-refractivity contribution in [1.82, 2.24) is 4.98 Å². The standard InChI is InChI=1S/C11H16N2O3/c1-2-3-8-4-5-13(6-8)11-12-9(7-16-11)10(14)15/h7-8H,2-6H2,1H3,(H,14,15). The van der Waals surface area contributed by atoms with Gasteiger partial charge in [-0.3, -0.25) is 0 Å². The topological polar surface area (TPSA) is 66.6 Å². The van der Waals surface area contributed by atoms with Gasteiger partial charge in [0.15, 0.2) is 5.69 Å². The highest BCUT2D eigenvalue weighted by Crippen LogP contribution is 2.25. The molecule has 5 nitrogen and oxygen atoms in total. The van der Waals surface area contributed by atoms with E-state index in [1.807, 2.05) is 4.90 Å². The average molecular weight is 224 g/mol. The molecule has 0 aromatic carbocycles. The second kappa shape index (κ2) is 4.55. The molecular weight excluding hydrogens is 208 g/mol. The van der Waals surface area contributed by atoms with Crippen LogP contribution in [0.3, 0.4) is 0 Å². The van der Waals surface area contributed by atoms with E-state index in [0.717, 1.165) is 19.5 Å². The first-order valence-electron chi connectivity index (χ1n) is 5.64. The number of aromatic nitrogens is 1. The normalized spacial score (nSPS) is 20.3. The molecule has 16 heavy (non-hydrogen) atoms. The van der Waals surface area contributed by atoms with Gasteiger partial charge in [0.25, 0.3) is 6.01 Å². The van der Waals surface area contributed by atoms with E-state index in [1.54, 1.807) is 0 Å². The fourth-order valence-corrected chi connectivity index (χ4v) is 2.16. The monoisotopic (exact) mass is 224 g/mol. The zero-order valence-corrected chi connectivity index (χ0v) is 9.35. The number of oxazole rings is 1. The highest BCUT2D eigenvalue weighted by atomic mass is 16.4. The molecule has 1 atom stereocenters. The average Bonchev–Trinajstić information content (AvgIpc) is 2.84. The third kappa shape index (κ3) is 2.18. The number of rotatable bonds is 4. The van der Waals surface area contributed by atoms with Crippen LogP contribution in [0.15, 0.2) is 10.7 Å². The number of hydrogen-bond acceptors (Lipinski definition) is 4. The SMILES string of the molecule is CCCC1CCN(c2nc(C(=O)O)co2)C1. The third-order valence-electron chi connectivity index (χ3n) is 2.96. The van der Waals surface area contributed by atoms with Crippen molar-refractivity contribution < 1.29 is 14.3 Å². The summed E-state index contributed by atoms with van der Waals surface area (Å²) < 4.78 is 5.17. The lowest BCUT2D eigenvalue weighted by atomic mass is 10.0. The van der Waals surface area contributed by atoms with Crippen molar-refractivity contribution in [3.05, 3.63) is 12.0 Å². The molecule has 2 heterocycles. The molecule has 1 aliphatic rings. The molecule has 1 fully saturated rings. The summed E-state index contributed by atoms with van der Waals surface area (Å²) >= 11 is 0. The van der Waals surface area contributed by atoms with E-state index < -0.39 is 5.97 Å². The zero-order valence-electron chi connectivity index (χ0n) is 9.35. The Balaban J connectivity index is 2.00. The number of hydrogen-bond donors (Lipinski definition) is 1. The summed E-state index contributed by atoms with van der Waals surface area (Å²) in [5.74, 6) is -0.357. The predicted octanol–water partition coefficient (Wildman–Crippen LogP) is 2.00. The van der Waals surface area contributed by atoms with Gasteiger partial charge in [-0.2, -0.15) is 4.98 Å². The van der Waals surface area contributed by atoms with E-state index in [0.29, 0.717) is 11.9 Å². The summed E-state index contributed by atoms with van der Waals surface area (Å²) in [4.78, 5) is 16.6. The van der Waals surface area contributed by atoms with Crippen molar-refractivity contribution in [2.45, 2.75) is 26.2 Å². The van der Waals surface area contributed by atoms with E-state index in [4.69, 9.17) is 9.52 Å². The fraction of sp³-hybridized carbons (Fsp3) is 0.636. The molecule has 0 saturated carbocycles. The van der Waals surface area contributed by atoms with Gasteiger partial charge in [-0.05, 0) is 18.8 Å². The Kier molecular flexibility index (Phi) is 3.12. The zero-order chi connectivity index (χ0) is 11.5. The second-order valence-corrected chi connectivity index (χ2v) is 4.21. The Hall–Kier alpha value is -1.52. The minimum absolute atomic E-state index is 0.0195. The second-order valence-electron chi connectivity index (χ2n) is 4.21. The number of carboxylic acids is 1. The number of anilines is 1. The highest BCUT2D eigenvalue weighted by Gasteiger charge is 2.25. The van der Waals surface area contributed by atoms with Crippen LogP contribution in [0.1, 0.15) is 36.7 Å². The fourth-order valence-electron chi connectivity index (χ4n) is 2.16. The molecule has 1 unspecified atom stereocenters. The van der Waals surface area contributed by atoms with E-state index >= 15 is 0 Å². The van der Waals surface area contributed by atoms with Crippen molar-refractivity contribution in [3.63, 3.8) is 0 Å². The van der Waals surface area contributed by atoms with E-state index in [1.165, 1.54) is 19.1 Å². The summed E-state index contributed by atoms with van der Waals surface area (Å²) in [6, 6.07) is 0.441. The van der Waals surface area contributed by atoms with Crippen molar-refractivity contribution in [2.75, 3.05) is 18.0 Å². The summed E-state index contributed by atoms with van der Waals surface area (Å²) in [7, 11) is 0. The van der Waals surface area contributed by atoms with Crippen LogP contribution < -0.4 is 4.90 Å². The van der Waals surface area contributed by atoms with Crippen LogP contribution in [0.2, 0.25) is 0 Å². The van der Waals surface area contributed by atoms with Gasteiger partial charge in [-0.25, -0.2) is 4.79 Å². The van der Waals surface area contributed by atoms with Crippen LogP contribution in [-0.2, 0) is 0 Å². The van der Waals surface area contributed by atoms with Crippen molar-refractivity contribution in [2.24, 2.45) is 5.92 Å². The lowest BCUT2D eigenvalue weighted by Crippen LogP contribution is -2.20. The molecule has 5 heteroatoms. The first-order valence-corrected chi connectivity index (χ1v) is 5.64. The molecular formula is C11H16N2O3. The summed E-state index contributed by atoms with van der Waals surface area (Å²) in [6.45, 7) is 4.01. The van der Waals surface area contributed by atoms with E-state index in [2.05, 4.69) is 11.9 Å². The number of carboxylic acid groups (broad SMARTS) is 1. The van der Waals surface area contributed by atoms with Gasteiger partial charge >= 0.3 is 5.97 Å². The lowest BCUT2D eigenvalue weighted by molar-refractivity contribution is 0.0690. The van der Waals surface area contributed by atoms with Crippen LogP contribution in [0.4, 0.5) is 6.01 Å². The molecule has 1 N–H and O–H groups in total.